The molecule has 0 aromatic carbocycles. The Labute approximate surface area is 222 Å². The summed E-state index contributed by atoms with van der Waals surface area (Å²) in [5.41, 5.74) is -0.831. The molecule has 0 amide bonds. The molecule has 0 unspecified atom stereocenters. The van der Waals surface area contributed by atoms with Crippen LogP contribution in [-0.4, -0.2) is 87.7 Å². The van der Waals surface area contributed by atoms with E-state index in [0.29, 0.717) is 37.1 Å². The van der Waals surface area contributed by atoms with Crippen molar-refractivity contribution in [2.45, 2.75) is 58.0 Å². The standard InChI is InChI=1S/C25H35FN8O3S/c1-15(2)34-19-10-22(28-11-18(19)23(31-34)33-12-17(16(33)3)13-38(5,36)37)29-21-6-8-27-24(30-21)32-9-7-20(35)25(4,26)14-32/h6,8,10-11,15-17,20,35H,7,9,12-14H2,1-5H3,(H,27,28,29,30)/t16-,17-,20+,25-/m0/s1. The predicted octanol–water partition coefficient (Wildman–Crippen LogP) is 2.71. The summed E-state index contributed by atoms with van der Waals surface area (Å²) in [6.45, 7) is 8.64. The Bertz CT molecular complexity index is 1440. The molecule has 0 saturated carbocycles. The van der Waals surface area contributed by atoms with E-state index in [-0.39, 0.29) is 30.3 Å². The van der Waals surface area contributed by atoms with E-state index >= 15 is 0 Å². The zero-order chi connectivity index (χ0) is 27.4. The molecule has 0 aliphatic carbocycles. The first-order valence-corrected chi connectivity index (χ1v) is 14.9. The molecule has 2 aliphatic heterocycles. The summed E-state index contributed by atoms with van der Waals surface area (Å²) in [7, 11) is -3.04. The van der Waals surface area contributed by atoms with Gasteiger partial charge in [0.25, 0.3) is 0 Å². The van der Waals surface area contributed by atoms with Gasteiger partial charge < -0.3 is 20.2 Å². The number of piperidine rings is 1. The van der Waals surface area contributed by atoms with Crippen LogP contribution < -0.4 is 15.1 Å². The molecule has 5 heterocycles. The van der Waals surface area contributed by atoms with Gasteiger partial charge in [0.05, 0.1) is 29.3 Å². The lowest BCUT2D eigenvalue weighted by atomic mass is 9.91. The highest BCUT2D eigenvalue weighted by atomic mass is 32.2. The fraction of sp³-hybridized carbons (Fsp3) is 0.600. The topological polar surface area (TPSA) is 129 Å². The van der Waals surface area contributed by atoms with Crippen molar-refractivity contribution in [3.05, 3.63) is 24.5 Å². The lowest BCUT2D eigenvalue weighted by molar-refractivity contribution is -0.00860. The zero-order valence-electron chi connectivity index (χ0n) is 22.3. The molecule has 0 bridgehead atoms. The van der Waals surface area contributed by atoms with Crippen LogP contribution in [-0.2, 0) is 9.84 Å². The second-order valence-corrected chi connectivity index (χ2v) is 13.2. The largest absolute Gasteiger partial charge is 0.390 e. The molecular weight excluding hydrogens is 511 g/mol. The number of anilines is 4. The van der Waals surface area contributed by atoms with Gasteiger partial charge >= 0.3 is 0 Å². The molecule has 3 aromatic rings. The molecule has 5 rings (SSSR count). The van der Waals surface area contributed by atoms with Crippen LogP contribution in [0.25, 0.3) is 10.9 Å². The molecule has 3 aromatic heterocycles. The van der Waals surface area contributed by atoms with Gasteiger partial charge in [0.1, 0.15) is 21.5 Å². The van der Waals surface area contributed by atoms with Gasteiger partial charge in [-0.05, 0) is 40.2 Å². The molecule has 13 heteroatoms. The van der Waals surface area contributed by atoms with Crippen LogP contribution in [0.3, 0.4) is 0 Å². The summed E-state index contributed by atoms with van der Waals surface area (Å²) in [5.74, 6) is 2.52. The number of nitrogens with one attached hydrogen (secondary N) is 1. The van der Waals surface area contributed by atoms with Crippen LogP contribution in [0.2, 0.25) is 0 Å². The van der Waals surface area contributed by atoms with E-state index in [1.165, 1.54) is 13.2 Å². The Balaban J connectivity index is 1.38. The molecule has 38 heavy (non-hydrogen) atoms. The van der Waals surface area contributed by atoms with Crippen LogP contribution in [0.5, 0.6) is 0 Å². The zero-order valence-corrected chi connectivity index (χ0v) is 23.2. The third kappa shape index (κ3) is 5.13. The first kappa shape index (κ1) is 26.5. The summed E-state index contributed by atoms with van der Waals surface area (Å²) in [6.07, 6.45) is 3.96. The van der Waals surface area contributed by atoms with Gasteiger partial charge in [-0.1, -0.05) is 0 Å². The van der Waals surface area contributed by atoms with Crippen molar-refractivity contribution < 1.29 is 17.9 Å². The Kier molecular flexibility index (Phi) is 6.70. The van der Waals surface area contributed by atoms with Gasteiger partial charge in [0, 0.05) is 55.8 Å². The Hall–Kier alpha value is -3.06. The number of halogens is 1. The number of aromatic nitrogens is 5. The van der Waals surface area contributed by atoms with Gasteiger partial charge in [-0.3, -0.25) is 4.68 Å². The minimum atomic E-state index is -3.04. The van der Waals surface area contributed by atoms with Gasteiger partial charge in [-0.2, -0.15) is 10.1 Å². The molecule has 2 fully saturated rings. The van der Waals surface area contributed by atoms with Gasteiger partial charge in [-0.15, -0.1) is 0 Å². The molecule has 2 aliphatic rings. The van der Waals surface area contributed by atoms with E-state index in [9.17, 15) is 17.9 Å². The number of sulfone groups is 1. The molecule has 4 atom stereocenters. The number of hydrogen-bond acceptors (Lipinski definition) is 10. The average Bonchev–Trinajstić information content (AvgIpc) is 3.21. The van der Waals surface area contributed by atoms with E-state index in [0.717, 1.165) is 16.7 Å². The predicted molar refractivity (Wildman–Crippen MR) is 146 cm³/mol. The van der Waals surface area contributed by atoms with Crippen LogP contribution in [0.1, 0.15) is 40.2 Å². The van der Waals surface area contributed by atoms with E-state index in [4.69, 9.17) is 5.10 Å². The van der Waals surface area contributed by atoms with Crippen LogP contribution in [0.4, 0.5) is 27.8 Å². The highest BCUT2D eigenvalue weighted by Crippen LogP contribution is 2.37. The monoisotopic (exact) mass is 546 g/mol. The Morgan fingerprint density at radius 3 is 2.71 bits per heavy atom. The maximum atomic E-state index is 14.7. The highest BCUT2D eigenvalue weighted by molar-refractivity contribution is 7.90. The van der Waals surface area contributed by atoms with Crippen molar-refractivity contribution in [2.75, 3.05) is 46.8 Å². The van der Waals surface area contributed by atoms with Crippen LogP contribution >= 0.6 is 0 Å². The number of rotatable bonds is 7. The van der Waals surface area contributed by atoms with Crippen molar-refractivity contribution in [1.29, 1.82) is 0 Å². The molecule has 206 valence electrons. The van der Waals surface area contributed by atoms with Crippen molar-refractivity contribution in [3.63, 3.8) is 0 Å². The number of hydrogen-bond donors (Lipinski definition) is 2. The number of nitrogens with zero attached hydrogens (tertiary/aromatic N) is 7. The van der Waals surface area contributed by atoms with E-state index in [1.54, 1.807) is 23.4 Å². The summed E-state index contributed by atoms with van der Waals surface area (Å²) >= 11 is 0. The molecule has 0 spiro atoms. The minimum Gasteiger partial charge on any atom is -0.390 e. The van der Waals surface area contributed by atoms with Crippen molar-refractivity contribution in [3.8, 4) is 0 Å². The quantitative estimate of drug-likeness (QED) is 0.456. The summed E-state index contributed by atoms with van der Waals surface area (Å²) in [6, 6.07) is 3.79. The maximum Gasteiger partial charge on any atom is 0.227 e. The number of aliphatic hydroxyl groups is 1. The third-order valence-corrected chi connectivity index (χ3v) is 8.54. The lowest BCUT2D eigenvalue weighted by Gasteiger charge is -2.46. The minimum absolute atomic E-state index is 0.0120. The maximum absolute atomic E-state index is 14.7. The first-order chi connectivity index (χ1) is 17.8. The molecule has 2 saturated heterocycles. The van der Waals surface area contributed by atoms with Crippen molar-refractivity contribution in [1.82, 2.24) is 24.7 Å². The number of aliphatic hydroxyl groups excluding tert-OH is 1. The number of fused-ring (bicyclic) bond motifs is 1. The SMILES string of the molecule is CC(C)n1nc(N2C[C@@H](CS(C)(=O)=O)[C@@H]2C)c2cnc(Nc3ccnc(N4CC[C@@H](O)[C@@](C)(F)C4)n3)cc21. The molecule has 2 N–H and O–H groups in total. The molecule has 0 radical (unpaired) electrons. The summed E-state index contributed by atoms with van der Waals surface area (Å²) in [4.78, 5) is 17.3. The van der Waals surface area contributed by atoms with Gasteiger partial charge in [0.2, 0.25) is 5.95 Å². The number of alkyl halides is 1. The fourth-order valence-electron chi connectivity index (χ4n) is 5.25. The van der Waals surface area contributed by atoms with Crippen LogP contribution in [0.15, 0.2) is 24.5 Å². The van der Waals surface area contributed by atoms with E-state index in [2.05, 4.69) is 39.0 Å². The van der Waals surface area contributed by atoms with Crippen molar-refractivity contribution >= 4 is 44.1 Å². The highest BCUT2D eigenvalue weighted by Gasteiger charge is 2.41. The number of pyridine rings is 1. The third-order valence-electron chi connectivity index (χ3n) is 7.50. The smallest absolute Gasteiger partial charge is 0.227 e. The van der Waals surface area contributed by atoms with Crippen molar-refractivity contribution in [2.24, 2.45) is 5.92 Å². The molecular formula is C25H35FN8O3S. The normalized spacial score (nSPS) is 26.2. The molecule has 11 nitrogen and oxygen atoms in total. The summed E-state index contributed by atoms with van der Waals surface area (Å²) < 4.78 is 40.2. The second-order valence-electron chi connectivity index (χ2n) is 11.1. The first-order valence-electron chi connectivity index (χ1n) is 12.9. The van der Waals surface area contributed by atoms with Gasteiger partial charge in [0.15, 0.2) is 11.5 Å². The van der Waals surface area contributed by atoms with Crippen LogP contribution in [0, 0.1) is 5.92 Å². The second kappa shape index (κ2) is 9.60. The Morgan fingerprint density at radius 1 is 1.29 bits per heavy atom. The fourth-order valence-corrected chi connectivity index (χ4v) is 6.41. The van der Waals surface area contributed by atoms with Gasteiger partial charge in [-0.25, -0.2) is 22.8 Å². The van der Waals surface area contributed by atoms with E-state index in [1.807, 2.05) is 17.7 Å². The average molecular weight is 547 g/mol. The van der Waals surface area contributed by atoms with E-state index < -0.39 is 21.6 Å². The Morgan fingerprint density at radius 2 is 2.05 bits per heavy atom. The lowest BCUT2D eigenvalue weighted by Crippen LogP contribution is -2.57. The summed E-state index contributed by atoms with van der Waals surface area (Å²) in [5, 5.41) is 18.9.